The zero-order valence-electron chi connectivity index (χ0n) is 12.7. The number of rotatable bonds is 6. The second kappa shape index (κ2) is 8.39. The number of hydrogen-bond donors (Lipinski definition) is 2. The van der Waals surface area contributed by atoms with Crippen molar-refractivity contribution in [2.24, 2.45) is 0 Å². The molecule has 1 aliphatic rings. The van der Waals surface area contributed by atoms with Gasteiger partial charge >= 0.3 is 0 Å². The zero-order chi connectivity index (χ0) is 14.9. The monoisotopic (exact) mass is 284 g/mol. The summed E-state index contributed by atoms with van der Waals surface area (Å²) >= 11 is 0. The molecule has 0 radical (unpaired) electrons. The Balaban J connectivity index is 2.04. The Labute approximate surface area is 127 Å². The van der Waals surface area contributed by atoms with Gasteiger partial charge in [-0.2, -0.15) is 0 Å². The van der Waals surface area contributed by atoms with Gasteiger partial charge in [0.2, 0.25) is 0 Å². The third-order valence-corrected chi connectivity index (χ3v) is 3.45. The van der Waals surface area contributed by atoms with Crippen LogP contribution in [0.4, 0.5) is 0 Å². The molecule has 112 valence electrons. The van der Waals surface area contributed by atoms with Gasteiger partial charge in [0.25, 0.3) is 0 Å². The highest BCUT2D eigenvalue weighted by Gasteiger charge is 2.10. The molecule has 1 aliphatic heterocycles. The van der Waals surface area contributed by atoms with Gasteiger partial charge in [-0.15, -0.1) is 0 Å². The molecule has 2 heterocycles. The van der Waals surface area contributed by atoms with Crippen molar-refractivity contribution in [1.82, 2.24) is 20.5 Å². The molecule has 21 heavy (non-hydrogen) atoms. The first-order chi connectivity index (χ1) is 10.3. The van der Waals surface area contributed by atoms with E-state index >= 15 is 0 Å². The molecule has 1 saturated heterocycles. The fourth-order valence-electron chi connectivity index (χ4n) is 2.35. The van der Waals surface area contributed by atoms with Gasteiger partial charge in [-0.25, -0.2) is 0 Å². The average Bonchev–Trinajstić information content (AvgIpc) is 2.53. The predicted molar refractivity (Wildman–Crippen MR) is 88.8 cm³/mol. The van der Waals surface area contributed by atoms with E-state index in [0.29, 0.717) is 0 Å². The molecule has 0 spiro atoms. The van der Waals surface area contributed by atoms with Crippen LogP contribution >= 0.6 is 0 Å². The Hall–Kier alpha value is -1.91. The average molecular weight is 284 g/mol. The largest absolute Gasteiger partial charge is 0.393 e. The first kappa shape index (κ1) is 15.5. The highest BCUT2D eigenvalue weighted by atomic mass is 15.2. The summed E-state index contributed by atoms with van der Waals surface area (Å²) in [4.78, 5) is 7.03. The van der Waals surface area contributed by atoms with Crippen molar-refractivity contribution in [1.29, 1.82) is 0 Å². The summed E-state index contributed by atoms with van der Waals surface area (Å²) in [6.07, 6.45) is 9.60. The Morgan fingerprint density at radius 2 is 2.24 bits per heavy atom. The van der Waals surface area contributed by atoms with E-state index in [4.69, 9.17) is 0 Å². The number of piperazine rings is 1. The summed E-state index contributed by atoms with van der Waals surface area (Å²) in [5.41, 5.74) is 3.27. The van der Waals surface area contributed by atoms with E-state index in [2.05, 4.69) is 39.2 Å². The molecule has 0 aliphatic carbocycles. The number of nitrogens with zero attached hydrogens (tertiary/aromatic N) is 2. The first-order valence-corrected chi connectivity index (χ1v) is 7.38. The summed E-state index contributed by atoms with van der Waals surface area (Å²) in [7, 11) is 1.89. The van der Waals surface area contributed by atoms with E-state index in [1.165, 1.54) is 5.56 Å². The zero-order valence-corrected chi connectivity index (χ0v) is 12.7. The first-order valence-electron chi connectivity index (χ1n) is 7.38. The number of pyridine rings is 1. The lowest BCUT2D eigenvalue weighted by Gasteiger charge is -2.27. The smallest absolute Gasteiger partial charge is 0.0716 e. The molecule has 1 fully saturated rings. The van der Waals surface area contributed by atoms with Gasteiger partial charge in [0.05, 0.1) is 5.69 Å². The highest BCUT2D eigenvalue weighted by molar-refractivity contribution is 5.71. The standard InChI is InChI=1S/C17H24N4/c1-3-4-5-16(13-18-2)17-7-6-15(12-20-17)14-21-10-8-19-9-11-21/h3-7,12-13,18-19H,1,8-11,14H2,2H3/b5-4-,16-13+. The molecule has 1 aromatic rings. The van der Waals surface area contributed by atoms with Crippen molar-refractivity contribution in [3.05, 3.63) is 60.6 Å². The van der Waals surface area contributed by atoms with Gasteiger partial charge in [-0.1, -0.05) is 30.9 Å². The van der Waals surface area contributed by atoms with Crippen molar-refractivity contribution < 1.29 is 0 Å². The van der Waals surface area contributed by atoms with E-state index in [1.807, 2.05) is 31.6 Å². The lowest BCUT2D eigenvalue weighted by Crippen LogP contribution is -2.42. The molecule has 0 saturated carbocycles. The minimum absolute atomic E-state index is 0.964. The molecule has 4 heteroatoms. The van der Waals surface area contributed by atoms with Crippen LogP contribution in [-0.4, -0.2) is 43.1 Å². The minimum Gasteiger partial charge on any atom is -0.393 e. The van der Waals surface area contributed by atoms with Gasteiger partial charge < -0.3 is 10.6 Å². The summed E-state index contributed by atoms with van der Waals surface area (Å²) in [6.45, 7) is 9.04. The van der Waals surface area contributed by atoms with Crippen molar-refractivity contribution in [2.45, 2.75) is 6.54 Å². The normalized spacial score (nSPS) is 17.1. The Morgan fingerprint density at radius 3 is 2.86 bits per heavy atom. The number of nitrogens with one attached hydrogen (secondary N) is 2. The fourth-order valence-corrected chi connectivity index (χ4v) is 2.35. The third-order valence-electron chi connectivity index (χ3n) is 3.45. The molecular weight excluding hydrogens is 260 g/mol. The van der Waals surface area contributed by atoms with Crippen molar-refractivity contribution in [3.63, 3.8) is 0 Å². The van der Waals surface area contributed by atoms with Crippen molar-refractivity contribution in [3.8, 4) is 0 Å². The Kier molecular flexibility index (Phi) is 6.19. The maximum atomic E-state index is 4.58. The van der Waals surface area contributed by atoms with Gasteiger partial charge in [0, 0.05) is 57.7 Å². The van der Waals surface area contributed by atoms with Crippen LogP contribution in [0, 0.1) is 0 Å². The van der Waals surface area contributed by atoms with Gasteiger partial charge in [-0.05, 0) is 11.6 Å². The molecule has 4 nitrogen and oxygen atoms in total. The van der Waals surface area contributed by atoms with Crippen molar-refractivity contribution in [2.75, 3.05) is 33.2 Å². The van der Waals surface area contributed by atoms with E-state index in [1.54, 1.807) is 6.08 Å². The third kappa shape index (κ3) is 4.85. The van der Waals surface area contributed by atoms with Gasteiger partial charge in [-0.3, -0.25) is 9.88 Å². The van der Waals surface area contributed by atoms with Gasteiger partial charge in [0.1, 0.15) is 0 Å². The highest BCUT2D eigenvalue weighted by Crippen LogP contribution is 2.14. The van der Waals surface area contributed by atoms with Crippen LogP contribution in [0.5, 0.6) is 0 Å². The number of hydrogen-bond acceptors (Lipinski definition) is 4. The SMILES string of the molecule is C=C/C=C\C(=C/NC)c1ccc(CN2CCNCC2)cn1. The molecule has 2 rings (SSSR count). The summed E-state index contributed by atoms with van der Waals surface area (Å²) in [6, 6.07) is 4.24. The maximum Gasteiger partial charge on any atom is 0.0716 e. The second-order valence-electron chi connectivity index (χ2n) is 5.06. The molecule has 1 aromatic heterocycles. The van der Waals surface area contributed by atoms with E-state index in [0.717, 1.165) is 44.0 Å². The van der Waals surface area contributed by atoms with Crippen LogP contribution in [0.25, 0.3) is 5.57 Å². The lowest BCUT2D eigenvalue weighted by molar-refractivity contribution is 0.233. The summed E-state index contributed by atoms with van der Waals surface area (Å²) in [5, 5.41) is 6.42. The number of allylic oxidation sites excluding steroid dienone is 4. The van der Waals surface area contributed by atoms with Crippen LogP contribution in [-0.2, 0) is 6.54 Å². The van der Waals surface area contributed by atoms with E-state index < -0.39 is 0 Å². The second-order valence-corrected chi connectivity index (χ2v) is 5.06. The Bertz CT molecular complexity index is 496. The molecule has 0 aromatic carbocycles. The van der Waals surface area contributed by atoms with Crippen LogP contribution < -0.4 is 10.6 Å². The van der Waals surface area contributed by atoms with Crippen LogP contribution in [0.3, 0.4) is 0 Å². The molecule has 2 N–H and O–H groups in total. The van der Waals surface area contributed by atoms with Crippen LogP contribution in [0.15, 0.2) is 49.3 Å². The quantitative estimate of drug-likeness (QED) is 0.781. The summed E-state index contributed by atoms with van der Waals surface area (Å²) < 4.78 is 0. The molecule has 0 bridgehead atoms. The van der Waals surface area contributed by atoms with E-state index in [-0.39, 0.29) is 0 Å². The predicted octanol–water partition coefficient (Wildman–Crippen LogP) is 1.79. The lowest BCUT2D eigenvalue weighted by atomic mass is 10.1. The topological polar surface area (TPSA) is 40.2 Å². The maximum absolute atomic E-state index is 4.58. The molecule has 0 atom stereocenters. The van der Waals surface area contributed by atoms with Crippen molar-refractivity contribution >= 4 is 5.57 Å². The van der Waals surface area contributed by atoms with Crippen LogP contribution in [0.2, 0.25) is 0 Å². The van der Waals surface area contributed by atoms with E-state index in [9.17, 15) is 0 Å². The van der Waals surface area contributed by atoms with Gasteiger partial charge in [0.15, 0.2) is 0 Å². The molecule has 0 unspecified atom stereocenters. The van der Waals surface area contributed by atoms with Crippen LogP contribution in [0.1, 0.15) is 11.3 Å². The Morgan fingerprint density at radius 1 is 1.43 bits per heavy atom. The fraction of sp³-hybridized carbons (Fsp3) is 0.353. The molecule has 0 amide bonds. The minimum atomic E-state index is 0.964. The molecular formula is C17H24N4. The number of aromatic nitrogens is 1. The summed E-state index contributed by atoms with van der Waals surface area (Å²) in [5.74, 6) is 0.